The van der Waals surface area contributed by atoms with E-state index in [2.05, 4.69) is 11.6 Å². The van der Waals surface area contributed by atoms with Crippen molar-refractivity contribution in [1.29, 1.82) is 0 Å². The lowest BCUT2D eigenvalue weighted by atomic mass is 10.2. The second-order valence-electron chi connectivity index (χ2n) is 5.59. The molecular formula is C17H14F3N3O2S3. The molecule has 0 aromatic carbocycles. The summed E-state index contributed by atoms with van der Waals surface area (Å²) >= 11 is 3.73. The number of allylic oxidation sites excluding steroid dienone is 1. The van der Waals surface area contributed by atoms with Crippen LogP contribution in [0.4, 0.5) is 13.2 Å². The Kier molecular flexibility index (Phi) is 6.26. The van der Waals surface area contributed by atoms with Gasteiger partial charge in [-0.15, -0.1) is 29.3 Å². The Labute approximate surface area is 169 Å². The van der Waals surface area contributed by atoms with Crippen LogP contribution >= 0.6 is 34.4 Å². The summed E-state index contributed by atoms with van der Waals surface area (Å²) in [6.45, 7) is 2.41. The summed E-state index contributed by atoms with van der Waals surface area (Å²) in [6.07, 6.45) is -2.95. The van der Waals surface area contributed by atoms with Crippen LogP contribution in [0.15, 0.2) is 45.5 Å². The van der Waals surface area contributed by atoms with Crippen molar-refractivity contribution < 1.29 is 18.0 Å². The Bertz CT molecular complexity index is 1060. The van der Waals surface area contributed by atoms with E-state index in [1.165, 1.54) is 33.3 Å². The van der Waals surface area contributed by atoms with Crippen LogP contribution in [0.1, 0.15) is 0 Å². The number of halogens is 3. The smallest absolute Gasteiger partial charge is 0.346 e. The molecule has 0 bridgehead atoms. The summed E-state index contributed by atoms with van der Waals surface area (Å²) in [7, 11) is 0. The highest BCUT2D eigenvalue weighted by atomic mass is 32.2. The van der Waals surface area contributed by atoms with E-state index in [0.717, 1.165) is 22.2 Å². The number of hydrogen-bond donors (Lipinski definition) is 1. The van der Waals surface area contributed by atoms with Crippen molar-refractivity contribution in [3.8, 4) is 10.4 Å². The molecule has 0 aliphatic heterocycles. The van der Waals surface area contributed by atoms with Crippen LogP contribution < -0.4 is 10.9 Å². The molecule has 0 fully saturated rings. The van der Waals surface area contributed by atoms with Gasteiger partial charge in [0.05, 0.1) is 11.1 Å². The molecule has 0 aliphatic rings. The second kappa shape index (κ2) is 8.50. The van der Waals surface area contributed by atoms with Gasteiger partial charge >= 0.3 is 6.18 Å². The molecule has 0 atom stereocenters. The normalized spacial score (nSPS) is 11.7. The summed E-state index contributed by atoms with van der Waals surface area (Å²) in [5.74, 6) is -1.07. The Morgan fingerprint density at radius 1 is 1.39 bits per heavy atom. The van der Waals surface area contributed by atoms with Gasteiger partial charge in [-0.05, 0) is 11.4 Å². The van der Waals surface area contributed by atoms with Gasteiger partial charge in [0.1, 0.15) is 11.4 Å². The number of amides is 1. The first kappa shape index (κ1) is 20.6. The van der Waals surface area contributed by atoms with Crippen molar-refractivity contribution in [2.75, 3.05) is 12.3 Å². The molecule has 3 aromatic rings. The number of thioether (sulfide) groups is 1. The molecular weight excluding hydrogens is 431 g/mol. The number of rotatable bonds is 7. The second-order valence-corrected chi connectivity index (χ2v) is 8.33. The summed E-state index contributed by atoms with van der Waals surface area (Å²) in [4.78, 5) is 30.7. The van der Waals surface area contributed by atoms with Crippen LogP contribution in [-0.2, 0) is 11.3 Å². The van der Waals surface area contributed by atoms with Crippen molar-refractivity contribution in [2.45, 2.75) is 17.9 Å². The lowest BCUT2D eigenvalue weighted by Gasteiger charge is -2.11. The number of fused-ring (bicyclic) bond motifs is 1. The number of carbonyl (C=O) groups excluding carboxylic acids is 1. The van der Waals surface area contributed by atoms with Gasteiger partial charge in [0.15, 0.2) is 5.16 Å². The third-order valence-electron chi connectivity index (χ3n) is 3.58. The average Bonchev–Trinajstić information content (AvgIpc) is 3.29. The van der Waals surface area contributed by atoms with Gasteiger partial charge in [0, 0.05) is 22.4 Å². The molecule has 3 rings (SSSR count). The third-order valence-corrected chi connectivity index (χ3v) is 6.33. The number of nitrogens with one attached hydrogen (secondary N) is 1. The molecule has 0 saturated carbocycles. The molecule has 3 aromatic heterocycles. The highest BCUT2D eigenvalue weighted by Gasteiger charge is 2.27. The molecule has 28 heavy (non-hydrogen) atoms. The lowest BCUT2D eigenvalue weighted by molar-refractivity contribution is -0.136. The molecule has 11 heteroatoms. The van der Waals surface area contributed by atoms with Gasteiger partial charge < -0.3 is 5.32 Å². The van der Waals surface area contributed by atoms with E-state index >= 15 is 0 Å². The zero-order valence-corrected chi connectivity index (χ0v) is 16.7. The summed E-state index contributed by atoms with van der Waals surface area (Å²) < 4.78 is 38.0. The van der Waals surface area contributed by atoms with E-state index in [-0.39, 0.29) is 23.0 Å². The fourth-order valence-electron chi connectivity index (χ4n) is 2.40. The van der Waals surface area contributed by atoms with Gasteiger partial charge in [-0.2, -0.15) is 13.2 Å². The van der Waals surface area contributed by atoms with Gasteiger partial charge in [0.25, 0.3) is 5.56 Å². The maximum absolute atomic E-state index is 13.0. The SMILES string of the molecule is C=CCn1c(SCC(=O)NCC(F)(F)F)nc2scc(-c3cccs3)c2c1=O. The monoisotopic (exact) mass is 445 g/mol. The molecule has 1 N–H and O–H groups in total. The van der Waals surface area contributed by atoms with Crippen LogP contribution in [-0.4, -0.2) is 33.9 Å². The summed E-state index contributed by atoms with van der Waals surface area (Å²) in [5, 5.41) is 6.32. The van der Waals surface area contributed by atoms with Crippen LogP contribution in [0.2, 0.25) is 0 Å². The van der Waals surface area contributed by atoms with Gasteiger partial charge in [-0.1, -0.05) is 23.9 Å². The zero-order valence-electron chi connectivity index (χ0n) is 14.3. The van der Waals surface area contributed by atoms with Crippen molar-refractivity contribution >= 4 is 50.6 Å². The highest BCUT2D eigenvalue weighted by molar-refractivity contribution is 7.99. The van der Waals surface area contributed by atoms with Crippen LogP contribution in [0.25, 0.3) is 20.7 Å². The van der Waals surface area contributed by atoms with Crippen molar-refractivity contribution in [3.63, 3.8) is 0 Å². The minimum absolute atomic E-state index is 0.175. The first-order chi connectivity index (χ1) is 13.3. The lowest BCUT2D eigenvalue weighted by Crippen LogP contribution is -2.35. The zero-order chi connectivity index (χ0) is 20.3. The highest BCUT2D eigenvalue weighted by Crippen LogP contribution is 2.34. The first-order valence-electron chi connectivity index (χ1n) is 7.93. The molecule has 0 aliphatic carbocycles. The predicted octanol–water partition coefficient (Wildman–Crippen LogP) is 4.14. The molecule has 148 valence electrons. The number of nitrogens with zero attached hydrogens (tertiary/aromatic N) is 2. The standard InChI is InChI=1S/C17H14F3N3O2S3/c1-2-5-23-15(25)13-10(11-4-3-6-26-11)7-27-14(13)22-16(23)28-8-12(24)21-9-17(18,19)20/h2-4,6-7H,1,5,8-9H2,(H,21,24). The van der Waals surface area contributed by atoms with Crippen molar-refractivity contribution in [3.05, 3.63) is 45.9 Å². The van der Waals surface area contributed by atoms with Gasteiger partial charge in [-0.25, -0.2) is 4.98 Å². The molecule has 5 nitrogen and oxygen atoms in total. The van der Waals surface area contributed by atoms with E-state index < -0.39 is 18.6 Å². The molecule has 0 unspecified atom stereocenters. The maximum atomic E-state index is 13.0. The van der Waals surface area contributed by atoms with Crippen LogP contribution in [0.5, 0.6) is 0 Å². The minimum atomic E-state index is -4.47. The summed E-state index contributed by atoms with van der Waals surface area (Å²) in [6, 6.07) is 3.81. The predicted molar refractivity (Wildman–Crippen MR) is 107 cm³/mol. The van der Waals surface area contributed by atoms with E-state index in [1.54, 1.807) is 5.32 Å². The molecule has 3 heterocycles. The van der Waals surface area contributed by atoms with E-state index in [0.29, 0.717) is 10.2 Å². The number of hydrogen-bond acceptors (Lipinski definition) is 6. The summed E-state index contributed by atoms with van der Waals surface area (Å²) in [5.41, 5.74) is 0.525. The van der Waals surface area contributed by atoms with E-state index in [1.807, 2.05) is 22.9 Å². The number of aromatic nitrogens is 2. The van der Waals surface area contributed by atoms with Crippen LogP contribution in [0.3, 0.4) is 0 Å². The minimum Gasteiger partial charge on any atom is -0.346 e. The fourth-order valence-corrected chi connectivity index (χ4v) is 5.04. The quantitative estimate of drug-likeness (QED) is 0.337. The van der Waals surface area contributed by atoms with Crippen molar-refractivity contribution in [1.82, 2.24) is 14.9 Å². The average molecular weight is 446 g/mol. The van der Waals surface area contributed by atoms with E-state index in [9.17, 15) is 22.8 Å². The number of thiophene rings is 2. The Hall–Kier alpha value is -2.11. The van der Waals surface area contributed by atoms with E-state index in [4.69, 9.17) is 0 Å². The van der Waals surface area contributed by atoms with Crippen molar-refractivity contribution in [2.24, 2.45) is 0 Å². The van der Waals surface area contributed by atoms with Gasteiger partial charge in [-0.3, -0.25) is 14.2 Å². The number of carbonyl (C=O) groups is 1. The van der Waals surface area contributed by atoms with Crippen LogP contribution in [0, 0.1) is 0 Å². The molecule has 0 radical (unpaired) electrons. The molecule has 1 amide bonds. The molecule has 0 spiro atoms. The Morgan fingerprint density at radius 3 is 2.82 bits per heavy atom. The molecule has 0 saturated heterocycles. The fraction of sp³-hybridized carbons (Fsp3) is 0.235. The third kappa shape index (κ3) is 4.65. The number of alkyl halides is 3. The first-order valence-corrected chi connectivity index (χ1v) is 10.7. The Balaban J connectivity index is 1.90. The topological polar surface area (TPSA) is 64.0 Å². The van der Waals surface area contributed by atoms with Gasteiger partial charge in [0.2, 0.25) is 5.91 Å². The largest absolute Gasteiger partial charge is 0.405 e. The maximum Gasteiger partial charge on any atom is 0.405 e. The Morgan fingerprint density at radius 2 is 2.18 bits per heavy atom.